The lowest BCUT2D eigenvalue weighted by Crippen LogP contribution is -2.50. The normalized spacial score (nSPS) is 14.2. The molecule has 1 saturated heterocycles. The third kappa shape index (κ3) is 6.68. The van der Waals surface area contributed by atoms with E-state index in [0.29, 0.717) is 23.4 Å². The molecule has 0 radical (unpaired) electrons. The summed E-state index contributed by atoms with van der Waals surface area (Å²) in [5, 5.41) is 19.2. The Balaban J connectivity index is 1.27. The van der Waals surface area contributed by atoms with Gasteiger partial charge in [0.1, 0.15) is 23.2 Å². The van der Waals surface area contributed by atoms with Gasteiger partial charge in [0.15, 0.2) is 0 Å². The Morgan fingerprint density at radius 3 is 2.22 bits per heavy atom. The molecule has 2 heterocycles. The fraction of sp³-hybridized carbons (Fsp3) is 0.172. The Hall–Kier alpha value is -5.71. The van der Waals surface area contributed by atoms with Crippen molar-refractivity contribution >= 4 is 45.2 Å². The molecule has 4 amide bonds. The number of urea groups is 1. The van der Waals surface area contributed by atoms with Crippen molar-refractivity contribution in [1.29, 1.82) is 0 Å². The van der Waals surface area contributed by atoms with E-state index < -0.39 is 62.8 Å². The molecule has 14 nitrogen and oxygen atoms in total. The second kappa shape index (κ2) is 12.7. The van der Waals surface area contributed by atoms with Crippen LogP contribution in [0.2, 0.25) is 0 Å². The summed E-state index contributed by atoms with van der Waals surface area (Å²) in [6.45, 7) is 0.284. The highest BCUT2D eigenvalue weighted by molar-refractivity contribution is 7.92. The molecule has 238 valence electrons. The number of nitrogens with one attached hydrogen (secondary N) is 2. The van der Waals surface area contributed by atoms with Crippen molar-refractivity contribution in [1.82, 2.24) is 25.2 Å². The molecule has 0 bridgehead atoms. The van der Waals surface area contributed by atoms with Crippen LogP contribution < -0.4 is 14.9 Å². The predicted molar refractivity (Wildman–Crippen MR) is 158 cm³/mol. The number of nitrogens with zero attached hydrogens (tertiary/aromatic N) is 5. The van der Waals surface area contributed by atoms with E-state index in [2.05, 4.69) is 15.6 Å². The fourth-order valence-electron chi connectivity index (χ4n) is 4.64. The first-order valence-corrected chi connectivity index (χ1v) is 15.0. The van der Waals surface area contributed by atoms with Crippen molar-refractivity contribution in [3.8, 4) is 5.69 Å². The Morgan fingerprint density at radius 2 is 1.63 bits per heavy atom. The maximum absolute atomic E-state index is 15.0. The molecule has 17 heteroatoms. The number of carboxylic acids is 1. The zero-order chi connectivity index (χ0) is 33.2. The number of imide groups is 1. The van der Waals surface area contributed by atoms with Gasteiger partial charge in [0.05, 0.1) is 34.4 Å². The number of anilines is 2. The van der Waals surface area contributed by atoms with Crippen LogP contribution in [-0.2, 0) is 26.0 Å². The van der Waals surface area contributed by atoms with Crippen LogP contribution >= 0.6 is 0 Å². The smallest absolute Gasteiger partial charge is 0.331 e. The summed E-state index contributed by atoms with van der Waals surface area (Å²) >= 11 is 0. The SMILES string of the molecule is CN1CCC(=O)N(c2ccc(C[C@H](NC(=O)c3c(F)cc(NS(=O)(=O)c4ccc(-n5ccnn5)cc4)cc3F)C(=O)O)cc2)C1=O. The number of carbonyl (C=O) groups excluding carboxylic acids is 3. The zero-order valence-corrected chi connectivity index (χ0v) is 24.7. The monoisotopic (exact) mass is 653 g/mol. The summed E-state index contributed by atoms with van der Waals surface area (Å²) in [6.07, 6.45) is 2.81. The predicted octanol–water partition coefficient (Wildman–Crippen LogP) is 2.56. The molecule has 1 atom stereocenters. The summed E-state index contributed by atoms with van der Waals surface area (Å²) in [6, 6.07) is 10.2. The van der Waals surface area contributed by atoms with Gasteiger partial charge >= 0.3 is 12.0 Å². The number of aliphatic carboxylic acids is 1. The average molecular weight is 654 g/mol. The largest absolute Gasteiger partial charge is 0.480 e. The van der Waals surface area contributed by atoms with Gasteiger partial charge in [-0.05, 0) is 54.1 Å². The minimum atomic E-state index is -4.30. The van der Waals surface area contributed by atoms with E-state index in [9.17, 15) is 41.5 Å². The molecule has 46 heavy (non-hydrogen) atoms. The molecule has 1 fully saturated rings. The lowest BCUT2D eigenvalue weighted by molar-refractivity contribution is -0.139. The van der Waals surface area contributed by atoms with E-state index in [-0.39, 0.29) is 30.0 Å². The van der Waals surface area contributed by atoms with Crippen LogP contribution in [-0.4, -0.2) is 76.9 Å². The quantitative estimate of drug-likeness (QED) is 0.232. The lowest BCUT2D eigenvalue weighted by Gasteiger charge is -2.31. The first kappa shape index (κ1) is 31.7. The van der Waals surface area contributed by atoms with E-state index in [4.69, 9.17) is 0 Å². The summed E-state index contributed by atoms with van der Waals surface area (Å²) in [5.41, 5.74) is -0.475. The van der Waals surface area contributed by atoms with Gasteiger partial charge in [0, 0.05) is 26.4 Å². The summed E-state index contributed by atoms with van der Waals surface area (Å²) < 4.78 is 59.0. The van der Waals surface area contributed by atoms with Crippen LogP contribution in [0, 0.1) is 11.6 Å². The van der Waals surface area contributed by atoms with Crippen LogP contribution in [0.25, 0.3) is 5.69 Å². The number of aromatic nitrogens is 3. The van der Waals surface area contributed by atoms with Crippen LogP contribution in [0.1, 0.15) is 22.3 Å². The second-order valence-corrected chi connectivity index (χ2v) is 11.9. The van der Waals surface area contributed by atoms with Crippen molar-refractivity contribution in [2.45, 2.75) is 23.8 Å². The van der Waals surface area contributed by atoms with Crippen LogP contribution in [0.4, 0.5) is 25.0 Å². The van der Waals surface area contributed by atoms with Crippen LogP contribution in [0.5, 0.6) is 0 Å². The van der Waals surface area contributed by atoms with Crippen molar-refractivity contribution in [2.24, 2.45) is 0 Å². The topological polar surface area (TPSA) is 184 Å². The number of carbonyl (C=O) groups is 4. The molecular formula is C29H25F2N7O7S. The van der Waals surface area contributed by atoms with Crippen molar-refractivity contribution < 1.29 is 41.5 Å². The average Bonchev–Trinajstić information content (AvgIpc) is 3.54. The maximum atomic E-state index is 15.0. The van der Waals surface area contributed by atoms with Gasteiger partial charge in [-0.2, -0.15) is 0 Å². The third-order valence-electron chi connectivity index (χ3n) is 7.02. The van der Waals surface area contributed by atoms with Crippen LogP contribution in [0.3, 0.4) is 0 Å². The van der Waals surface area contributed by atoms with Gasteiger partial charge in [-0.3, -0.25) is 14.3 Å². The van der Waals surface area contributed by atoms with Gasteiger partial charge in [0.2, 0.25) is 5.91 Å². The molecule has 4 aromatic rings. The molecule has 0 aliphatic carbocycles. The molecular weight excluding hydrogens is 628 g/mol. The number of sulfonamides is 1. The molecule has 0 spiro atoms. The molecule has 1 aromatic heterocycles. The first-order chi connectivity index (χ1) is 21.8. The van der Waals surface area contributed by atoms with Gasteiger partial charge < -0.3 is 15.3 Å². The number of rotatable bonds is 10. The lowest BCUT2D eigenvalue weighted by atomic mass is 10.0. The van der Waals surface area contributed by atoms with E-state index in [1.807, 2.05) is 4.72 Å². The van der Waals surface area contributed by atoms with Gasteiger partial charge in [0.25, 0.3) is 15.9 Å². The maximum Gasteiger partial charge on any atom is 0.331 e. The van der Waals surface area contributed by atoms with Gasteiger partial charge in [-0.15, -0.1) is 5.10 Å². The van der Waals surface area contributed by atoms with Crippen LogP contribution in [0.15, 0.2) is 78.0 Å². The first-order valence-electron chi connectivity index (χ1n) is 13.5. The van der Waals surface area contributed by atoms with E-state index in [1.165, 1.54) is 64.3 Å². The number of carboxylic acid groups (broad SMARTS) is 1. The molecule has 3 aromatic carbocycles. The van der Waals surface area contributed by atoms with Crippen molar-refractivity contribution in [3.05, 3.63) is 95.8 Å². The van der Waals surface area contributed by atoms with E-state index >= 15 is 0 Å². The number of hydrogen-bond acceptors (Lipinski definition) is 8. The minimum absolute atomic E-state index is 0.135. The molecule has 3 N–H and O–H groups in total. The fourth-order valence-corrected chi connectivity index (χ4v) is 5.68. The van der Waals surface area contributed by atoms with Crippen molar-refractivity contribution in [3.63, 3.8) is 0 Å². The summed E-state index contributed by atoms with van der Waals surface area (Å²) in [5.74, 6) is -6.16. The number of amides is 4. The highest BCUT2D eigenvalue weighted by Crippen LogP contribution is 2.24. The second-order valence-electron chi connectivity index (χ2n) is 10.2. The summed E-state index contributed by atoms with van der Waals surface area (Å²) in [7, 11) is -2.75. The van der Waals surface area contributed by atoms with E-state index in [1.54, 1.807) is 13.2 Å². The Morgan fingerprint density at radius 1 is 1.00 bits per heavy atom. The highest BCUT2D eigenvalue weighted by atomic mass is 32.2. The molecule has 0 saturated carbocycles. The third-order valence-corrected chi connectivity index (χ3v) is 8.42. The molecule has 1 aliphatic rings. The highest BCUT2D eigenvalue weighted by Gasteiger charge is 2.31. The Kier molecular flexibility index (Phi) is 8.77. The van der Waals surface area contributed by atoms with Gasteiger partial charge in [-0.1, -0.05) is 17.3 Å². The number of halogens is 2. The number of hydrogen-bond donors (Lipinski definition) is 3. The minimum Gasteiger partial charge on any atom is -0.480 e. The summed E-state index contributed by atoms with van der Waals surface area (Å²) in [4.78, 5) is 51.6. The molecule has 5 rings (SSSR count). The van der Waals surface area contributed by atoms with Gasteiger partial charge in [-0.25, -0.2) is 36.4 Å². The molecule has 0 unspecified atom stereocenters. The Labute approximate surface area is 260 Å². The standard InChI is InChI=1S/C29H25F2N7O7S/c1-36-12-10-25(39)38(29(36)43)20-4-2-17(3-5-20)14-24(28(41)42)33-27(40)26-22(30)15-18(16-23(26)31)34-46(44,45)21-8-6-19(7-9-21)37-13-11-32-35-37/h2-9,11,13,15-16,24,34H,10,12,14H2,1H3,(H,33,40)(H,41,42)/t24-/m0/s1. The van der Waals surface area contributed by atoms with E-state index in [0.717, 1.165) is 4.90 Å². The number of benzene rings is 3. The molecule has 1 aliphatic heterocycles. The Bertz CT molecular complexity index is 1900. The van der Waals surface area contributed by atoms with Crippen molar-refractivity contribution in [2.75, 3.05) is 23.2 Å². The zero-order valence-electron chi connectivity index (χ0n) is 23.9.